The van der Waals surface area contributed by atoms with E-state index in [2.05, 4.69) is 29.5 Å². The zero-order valence-corrected chi connectivity index (χ0v) is 22.0. The van der Waals surface area contributed by atoms with Gasteiger partial charge in [-0.1, -0.05) is 32.8 Å². The van der Waals surface area contributed by atoms with Gasteiger partial charge < -0.3 is 10.6 Å². The van der Waals surface area contributed by atoms with Crippen molar-refractivity contribution in [2.75, 3.05) is 13.1 Å². The Labute approximate surface area is 217 Å². The van der Waals surface area contributed by atoms with Crippen molar-refractivity contribution in [3.8, 4) is 0 Å². The minimum absolute atomic E-state index is 0. The average Bonchev–Trinajstić information content (AvgIpc) is 2.85. The van der Waals surface area contributed by atoms with Crippen LogP contribution in [-0.2, 0) is 31.9 Å². The van der Waals surface area contributed by atoms with Crippen molar-refractivity contribution in [3.05, 3.63) is 64.7 Å². The van der Waals surface area contributed by atoms with Crippen molar-refractivity contribution in [2.45, 2.75) is 64.8 Å². The quantitative estimate of drug-likeness (QED) is 0.528. The number of carbonyl (C=O) groups excluding carboxylic acids is 2. The molecule has 0 saturated carbocycles. The number of aromatic nitrogens is 1. The maximum atomic E-state index is 14.0. The Morgan fingerprint density at radius 1 is 1.11 bits per heavy atom. The minimum Gasteiger partial charge on any atom is -0.350 e. The fourth-order valence-corrected chi connectivity index (χ4v) is 5.43. The number of hydrogen-bond acceptors (Lipinski definition) is 5. The van der Waals surface area contributed by atoms with Crippen molar-refractivity contribution >= 4 is 21.8 Å². The Morgan fingerprint density at radius 3 is 2.35 bits per heavy atom. The van der Waals surface area contributed by atoms with E-state index in [1.807, 2.05) is 6.92 Å². The number of nitrogens with one attached hydrogen (secondary N) is 2. The lowest BCUT2D eigenvalue weighted by Crippen LogP contribution is -2.53. The molecule has 1 atom stereocenters. The summed E-state index contributed by atoms with van der Waals surface area (Å²) in [6.07, 6.45) is 4.08. The molecule has 12 heteroatoms. The van der Waals surface area contributed by atoms with Crippen LogP contribution in [0.4, 0.5) is 13.2 Å². The second kappa shape index (κ2) is 14.1. The molecule has 2 amide bonds. The molecule has 2 aromatic rings. The first-order valence-electron chi connectivity index (χ1n) is 12.1. The zero-order valence-electron chi connectivity index (χ0n) is 21.2. The summed E-state index contributed by atoms with van der Waals surface area (Å²) >= 11 is 0. The summed E-state index contributed by atoms with van der Waals surface area (Å²) in [7, 11) is -4.31. The highest BCUT2D eigenvalue weighted by molar-refractivity contribution is 7.88. The highest BCUT2D eigenvalue weighted by Crippen LogP contribution is 2.25. The number of halogens is 3. The van der Waals surface area contributed by atoms with Gasteiger partial charge in [0.15, 0.2) is 0 Å². The highest BCUT2D eigenvalue weighted by Gasteiger charge is 2.37. The van der Waals surface area contributed by atoms with Crippen LogP contribution in [0.1, 0.15) is 57.8 Å². The van der Waals surface area contributed by atoms with Gasteiger partial charge in [-0.15, -0.1) is 0 Å². The van der Waals surface area contributed by atoms with Crippen LogP contribution in [0.25, 0.3) is 0 Å². The number of piperidine rings is 1. The molecule has 3 rings (SSSR count). The number of sulfonamides is 1. The maximum absolute atomic E-state index is 14.0. The number of benzene rings is 1. The normalized spacial score (nSPS) is 15.9. The summed E-state index contributed by atoms with van der Waals surface area (Å²) in [6, 6.07) is 3.28. The summed E-state index contributed by atoms with van der Waals surface area (Å²) in [6.45, 7) is 5.90. The van der Waals surface area contributed by atoms with E-state index in [-0.39, 0.29) is 27.5 Å². The first kappa shape index (κ1) is 30.2. The van der Waals surface area contributed by atoms with Crippen LogP contribution in [0, 0.1) is 24.4 Å². The Hall–Kier alpha value is -2.99. The SMILES string of the molecule is CCC.Cc1ccc(CNC(=O)CNC(=O)[C@@H]2CCCCN2S(=O)(=O)Cc2c(F)cc(F)cc2F)cn1.[HH]. The van der Waals surface area contributed by atoms with Crippen LogP contribution in [0.15, 0.2) is 30.5 Å². The average molecular weight is 545 g/mol. The van der Waals surface area contributed by atoms with Crippen molar-refractivity contribution < 1.29 is 32.6 Å². The van der Waals surface area contributed by atoms with Gasteiger partial charge in [-0.3, -0.25) is 14.6 Å². The standard InChI is InChI=1S/C22H25F3N4O4S.C3H8.H2/c1-14-5-6-15(10-26-14)11-27-21(30)12-28-22(31)20-4-2-3-7-29(20)34(32,33)13-17-18(24)8-16(23)9-19(17)25;1-3-2;/h5-6,8-10,20H,2-4,7,11-13H2,1H3,(H,27,30)(H,28,31);3H2,1-2H3;1H/t20-;;/m0../s1. The molecular weight excluding hydrogens is 509 g/mol. The molecule has 2 heterocycles. The van der Waals surface area contributed by atoms with Crippen LogP contribution >= 0.6 is 0 Å². The molecule has 1 aromatic heterocycles. The lowest BCUT2D eigenvalue weighted by atomic mass is 10.0. The van der Waals surface area contributed by atoms with Crippen LogP contribution < -0.4 is 10.6 Å². The smallest absolute Gasteiger partial charge is 0.239 e. The van der Waals surface area contributed by atoms with Gasteiger partial charge in [0, 0.05) is 44.1 Å². The van der Waals surface area contributed by atoms with E-state index in [9.17, 15) is 31.2 Å². The van der Waals surface area contributed by atoms with Gasteiger partial charge in [-0.05, 0) is 31.4 Å². The third-order valence-electron chi connectivity index (χ3n) is 5.43. The fraction of sp³-hybridized carbons (Fsp3) is 0.480. The van der Waals surface area contributed by atoms with Crippen LogP contribution in [0.3, 0.4) is 0 Å². The molecule has 0 spiro atoms. The molecule has 1 aliphatic heterocycles. The number of rotatable bonds is 8. The Balaban J connectivity index is 0.00000172. The molecule has 0 radical (unpaired) electrons. The van der Waals surface area contributed by atoms with E-state index in [4.69, 9.17) is 0 Å². The molecule has 0 bridgehead atoms. The predicted octanol–water partition coefficient (Wildman–Crippen LogP) is 3.59. The van der Waals surface area contributed by atoms with Gasteiger partial charge in [-0.2, -0.15) is 4.31 Å². The lowest BCUT2D eigenvalue weighted by molar-refractivity contribution is -0.129. The number of hydrogen-bond donors (Lipinski definition) is 2. The molecule has 8 nitrogen and oxygen atoms in total. The Morgan fingerprint density at radius 2 is 1.76 bits per heavy atom. The fourth-order valence-electron chi connectivity index (χ4n) is 3.63. The second-order valence-corrected chi connectivity index (χ2v) is 10.7. The van der Waals surface area contributed by atoms with E-state index in [0.29, 0.717) is 25.0 Å². The number of amides is 2. The number of carbonyl (C=O) groups is 2. The van der Waals surface area contributed by atoms with Crippen LogP contribution in [0.2, 0.25) is 0 Å². The third kappa shape index (κ3) is 9.12. The molecule has 1 aromatic carbocycles. The molecule has 0 unspecified atom stereocenters. The van der Waals surface area contributed by atoms with Crippen molar-refractivity contribution in [2.24, 2.45) is 0 Å². The third-order valence-corrected chi connectivity index (χ3v) is 7.24. The summed E-state index contributed by atoms with van der Waals surface area (Å²) in [5.41, 5.74) is 0.811. The van der Waals surface area contributed by atoms with Crippen molar-refractivity contribution in [1.82, 2.24) is 19.9 Å². The Bertz CT molecular complexity index is 1160. The largest absolute Gasteiger partial charge is 0.350 e. The molecule has 37 heavy (non-hydrogen) atoms. The molecule has 2 N–H and O–H groups in total. The first-order chi connectivity index (χ1) is 17.5. The van der Waals surface area contributed by atoms with E-state index in [1.54, 1.807) is 18.3 Å². The molecule has 0 aliphatic carbocycles. The predicted molar refractivity (Wildman–Crippen MR) is 135 cm³/mol. The van der Waals surface area contributed by atoms with Crippen LogP contribution in [0.5, 0.6) is 0 Å². The lowest BCUT2D eigenvalue weighted by Gasteiger charge is -2.33. The number of nitrogens with zero attached hydrogens (tertiary/aromatic N) is 2. The van der Waals surface area contributed by atoms with Crippen molar-refractivity contribution in [1.29, 1.82) is 0 Å². The van der Waals surface area contributed by atoms with E-state index in [1.165, 1.54) is 6.42 Å². The van der Waals surface area contributed by atoms with Crippen LogP contribution in [-0.4, -0.2) is 48.7 Å². The Kier molecular flexibility index (Phi) is 11.5. The van der Waals surface area contributed by atoms with E-state index in [0.717, 1.165) is 15.6 Å². The monoisotopic (exact) mass is 544 g/mol. The highest BCUT2D eigenvalue weighted by atomic mass is 32.2. The van der Waals surface area contributed by atoms with Gasteiger partial charge in [0.2, 0.25) is 21.8 Å². The maximum Gasteiger partial charge on any atom is 0.239 e. The van der Waals surface area contributed by atoms with Gasteiger partial charge in [0.1, 0.15) is 23.5 Å². The van der Waals surface area contributed by atoms with Crippen molar-refractivity contribution in [3.63, 3.8) is 0 Å². The second-order valence-electron chi connectivity index (χ2n) is 8.74. The van der Waals surface area contributed by atoms with Gasteiger partial charge in [-0.25, -0.2) is 21.6 Å². The number of aryl methyl sites for hydroxylation is 1. The first-order valence-corrected chi connectivity index (χ1v) is 13.7. The topological polar surface area (TPSA) is 108 Å². The van der Waals surface area contributed by atoms with Gasteiger partial charge in [0.25, 0.3) is 0 Å². The summed E-state index contributed by atoms with van der Waals surface area (Å²) in [5, 5.41) is 5.05. The molecule has 206 valence electrons. The van der Waals surface area contributed by atoms with Gasteiger partial charge in [0.05, 0.1) is 12.3 Å². The summed E-state index contributed by atoms with van der Waals surface area (Å²) in [5.74, 6) is -6.02. The van der Waals surface area contributed by atoms with Gasteiger partial charge >= 0.3 is 0 Å². The minimum atomic E-state index is -4.31. The molecular formula is C25H35F3N4O4S. The van der Waals surface area contributed by atoms with E-state index < -0.39 is 56.6 Å². The molecule has 1 fully saturated rings. The molecule has 1 aliphatic rings. The molecule has 1 saturated heterocycles. The summed E-state index contributed by atoms with van der Waals surface area (Å²) in [4.78, 5) is 28.9. The van der Waals surface area contributed by atoms with E-state index >= 15 is 0 Å². The summed E-state index contributed by atoms with van der Waals surface area (Å²) < 4.78 is 67.9. The number of pyridine rings is 1. The zero-order chi connectivity index (χ0) is 27.6.